The summed E-state index contributed by atoms with van der Waals surface area (Å²) in [7, 11) is 0. The van der Waals surface area contributed by atoms with Crippen LogP contribution in [0.25, 0.3) is 0 Å². The molecule has 0 saturated carbocycles. The molecule has 0 radical (unpaired) electrons. The Morgan fingerprint density at radius 3 is 2.76 bits per heavy atom. The van der Waals surface area contributed by atoms with Crippen LogP contribution in [0.4, 0.5) is 8.78 Å². The molecule has 0 aliphatic carbocycles. The first-order valence-electron chi connectivity index (χ1n) is 5.03. The average Bonchev–Trinajstić information content (AvgIpc) is 2.32. The van der Waals surface area contributed by atoms with Crippen LogP contribution < -0.4 is 5.32 Å². The molecule has 0 fully saturated rings. The van der Waals surface area contributed by atoms with Gasteiger partial charge >= 0.3 is 0 Å². The number of aliphatic hydroxyl groups is 2. The van der Waals surface area contributed by atoms with Crippen LogP contribution in [0.3, 0.4) is 0 Å². The number of nitrogens with one attached hydrogen (secondary N) is 1. The number of aliphatic hydroxyl groups excluding tert-OH is 2. The molecule has 1 atom stereocenters. The first kappa shape index (κ1) is 13.5. The number of halogens is 2. The van der Waals surface area contributed by atoms with Crippen molar-refractivity contribution < 1.29 is 23.8 Å². The predicted octanol–water partition coefficient (Wildman–Crippen LogP) is -0.0233. The minimum absolute atomic E-state index is 0.0546. The summed E-state index contributed by atoms with van der Waals surface area (Å²) in [6.07, 6.45) is -1.38. The largest absolute Gasteiger partial charge is 0.394 e. The Labute approximate surface area is 96.9 Å². The van der Waals surface area contributed by atoms with E-state index in [9.17, 15) is 13.6 Å². The third-order valence-electron chi connectivity index (χ3n) is 2.13. The Morgan fingerprint density at radius 2 is 2.12 bits per heavy atom. The highest BCUT2D eigenvalue weighted by molar-refractivity contribution is 5.78. The lowest BCUT2D eigenvalue weighted by atomic mass is 10.1. The molecule has 0 saturated heterocycles. The highest BCUT2D eigenvalue weighted by Gasteiger charge is 2.12. The van der Waals surface area contributed by atoms with Crippen LogP contribution in [0.1, 0.15) is 5.56 Å². The second-order valence-electron chi connectivity index (χ2n) is 3.53. The van der Waals surface area contributed by atoms with Gasteiger partial charge in [-0.3, -0.25) is 4.79 Å². The zero-order valence-electron chi connectivity index (χ0n) is 8.99. The van der Waals surface area contributed by atoms with E-state index < -0.39 is 30.3 Å². The monoisotopic (exact) mass is 245 g/mol. The normalized spacial score (nSPS) is 12.2. The number of benzene rings is 1. The van der Waals surface area contributed by atoms with Crippen molar-refractivity contribution >= 4 is 5.91 Å². The van der Waals surface area contributed by atoms with Crippen LogP contribution in [0.2, 0.25) is 0 Å². The smallest absolute Gasteiger partial charge is 0.224 e. The minimum Gasteiger partial charge on any atom is -0.394 e. The maximum absolute atomic E-state index is 13.2. The van der Waals surface area contributed by atoms with E-state index in [0.29, 0.717) is 0 Å². The molecule has 1 unspecified atom stereocenters. The fraction of sp³-hybridized carbons (Fsp3) is 0.364. The molecule has 1 aromatic rings. The number of rotatable bonds is 5. The molecule has 94 valence electrons. The molecule has 6 heteroatoms. The van der Waals surface area contributed by atoms with Crippen LogP contribution in [0.15, 0.2) is 18.2 Å². The molecule has 17 heavy (non-hydrogen) atoms. The van der Waals surface area contributed by atoms with E-state index in [1.165, 1.54) is 12.1 Å². The summed E-state index contributed by atoms with van der Waals surface area (Å²) in [4.78, 5) is 11.3. The highest BCUT2D eigenvalue weighted by atomic mass is 19.2. The van der Waals surface area contributed by atoms with Gasteiger partial charge in [0.15, 0.2) is 11.6 Å². The van der Waals surface area contributed by atoms with Gasteiger partial charge < -0.3 is 15.5 Å². The first-order valence-corrected chi connectivity index (χ1v) is 5.03. The third kappa shape index (κ3) is 4.08. The Morgan fingerprint density at radius 1 is 1.41 bits per heavy atom. The summed E-state index contributed by atoms with van der Waals surface area (Å²) >= 11 is 0. The van der Waals surface area contributed by atoms with Crippen LogP contribution in [-0.2, 0) is 11.2 Å². The van der Waals surface area contributed by atoms with E-state index in [4.69, 9.17) is 10.2 Å². The fourth-order valence-electron chi connectivity index (χ4n) is 1.22. The topological polar surface area (TPSA) is 69.6 Å². The van der Waals surface area contributed by atoms with Crippen molar-refractivity contribution in [3.8, 4) is 0 Å². The molecule has 1 rings (SSSR count). The molecule has 0 bridgehead atoms. The van der Waals surface area contributed by atoms with Gasteiger partial charge in [-0.1, -0.05) is 12.1 Å². The van der Waals surface area contributed by atoms with Gasteiger partial charge in [0.05, 0.1) is 19.1 Å². The van der Waals surface area contributed by atoms with Crippen molar-refractivity contribution in [2.45, 2.75) is 12.5 Å². The van der Waals surface area contributed by atoms with Gasteiger partial charge in [-0.15, -0.1) is 0 Å². The van der Waals surface area contributed by atoms with Gasteiger partial charge in [0.2, 0.25) is 5.91 Å². The zero-order valence-corrected chi connectivity index (χ0v) is 8.99. The van der Waals surface area contributed by atoms with Gasteiger partial charge in [-0.05, 0) is 6.07 Å². The van der Waals surface area contributed by atoms with Gasteiger partial charge in [0.1, 0.15) is 0 Å². The van der Waals surface area contributed by atoms with E-state index in [0.717, 1.165) is 6.07 Å². The van der Waals surface area contributed by atoms with E-state index in [2.05, 4.69) is 5.32 Å². The summed E-state index contributed by atoms with van der Waals surface area (Å²) in [5.74, 6) is -2.61. The van der Waals surface area contributed by atoms with Crippen LogP contribution in [-0.4, -0.2) is 35.4 Å². The van der Waals surface area contributed by atoms with Gasteiger partial charge in [0.25, 0.3) is 0 Å². The summed E-state index contributed by atoms with van der Waals surface area (Å²) in [6, 6.07) is 3.58. The Bertz CT molecular complexity index is 398. The van der Waals surface area contributed by atoms with Crippen molar-refractivity contribution in [1.29, 1.82) is 0 Å². The van der Waals surface area contributed by atoms with Crippen LogP contribution >= 0.6 is 0 Å². The number of hydrogen-bond acceptors (Lipinski definition) is 3. The van der Waals surface area contributed by atoms with Gasteiger partial charge in [-0.2, -0.15) is 0 Å². The number of carbonyl (C=O) groups excluding carboxylic acids is 1. The molecule has 0 aliphatic heterocycles. The lowest BCUT2D eigenvalue weighted by Gasteiger charge is -2.09. The van der Waals surface area contributed by atoms with Crippen molar-refractivity contribution in [1.82, 2.24) is 5.32 Å². The second-order valence-corrected chi connectivity index (χ2v) is 3.53. The summed E-state index contributed by atoms with van der Waals surface area (Å²) in [5, 5.41) is 19.8. The van der Waals surface area contributed by atoms with Crippen LogP contribution in [0.5, 0.6) is 0 Å². The molecular weight excluding hydrogens is 232 g/mol. The maximum Gasteiger partial charge on any atom is 0.224 e. The average molecular weight is 245 g/mol. The molecule has 0 spiro atoms. The molecule has 0 aromatic heterocycles. The lowest BCUT2D eigenvalue weighted by Crippen LogP contribution is -2.34. The Kier molecular flexibility index (Phi) is 4.99. The SMILES string of the molecule is O=C(Cc1cccc(F)c1F)NCC(O)CO. The summed E-state index contributed by atoms with van der Waals surface area (Å²) < 4.78 is 26.0. The molecule has 1 amide bonds. The number of carbonyl (C=O) groups is 1. The predicted molar refractivity (Wildman–Crippen MR) is 56.2 cm³/mol. The molecular formula is C11H13F2NO3. The standard InChI is InChI=1S/C11H13F2NO3/c12-9-3-1-2-7(11(9)13)4-10(17)14-5-8(16)6-15/h1-3,8,15-16H,4-6H2,(H,14,17). The van der Waals surface area contributed by atoms with Crippen molar-refractivity contribution in [3.05, 3.63) is 35.4 Å². The minimum atomic E-state index is -1.06. The van der Waals surface area contributed by atoms with Gasteiger partial charge in [0, 0.05) is 12.1 Å². The maximum atomic E-state index is 13.2. The first-order chi connectivity index (χ1) is 8.04. The van der Waals surface area contributed by atoms with Crippen LogP contribution in [0, 0.1) is 11.6 Å². The highest BCUT2D eigenvalue weighted by Crippen LogP contribution is 2.11. The summed E-state index contributed by atoms with van der Waals surface area (Å²) in [5.41, 5.74) is -0.0546. The Hall–Kier alpha value is -1.53. The molecule has 0 heterocycles. The second kappa shape index (κ2) is 6.27. The van der Waals surface area contributed by atoms with Crippen molar-refractivity contribution in [2.24, 2.45) is 0 Å². The van der Waals surface area contributed by atoms with Crippen molar-refractivity contribution in [2.75, 3.05) is 13.2 Å². The lowest BCUT2D eigenvalue weighted by molar-refractivity contribution is -0.121. The van der Waals surface area contributed by atoms with E-state index in [1.807, 2.05) is 0 Å². The quantitative estimate of drug-likeness (QED) is 0.682. The third-order valence-corrected chi connectivity index (χ3v) is 2.13. The molecule has 3 N–H and O–H groups in total. The number of amides is 1. The van der Waals surface area contributed by atoms with Gasteiger partial charge in [-0.25, -0.2) is 8.78 Å². The zero-order chi connectivity index (χ0) is 12.8. The van der Waals surface area contributed by atoms with Crippen molar-refractivity contribution in [3.63, 3.8) is 0 Å². The fourth-order valence-corrected chi connectivity index (χ4v) is 1.22. The Balaban J connectivity index is 2.54. The molecule has 4 nitrogen and oxygen atoms in total. The van der Waals surface area contributed by atoms with E-state index in [-0.39, 0.29) is 18.5 Å². The molecule has 1 aromatic carbocycles. The van der Waals surface area contributed by atoms with E-state index in [1.54, 1.807) is 0 Å². The number of hydrogen-bond donors (Lipinski definition) is 3. The van der Waals surface area contributed by atoms with E-state index >= 15 is 0 Å². The summed E-state index contributed by atoms with van der Waals surface area (Å²) in [6.45, 7) is -0.610. The molecule has 0 aliphatic rings.